The first-order valence-electron chi connectivity index (χ1n) is 6.46. The Bertz CT molecular complexity index is 788. The fraction of sp³-hybridized carbons (Fsp3) is 0.200. The van der Waals surface area contributed by atoms with Crippen molar-refractivity contribution < 1.29 is 17.3 Å². The lowest BCUT2D eigenvalue weighted by atomic mass is 10.2. The van der Waals surface area contributed by atoms with E-state index in [4.69, 9.17) is 32.1 Å². The highest BCUT2D eigenvalue weighted by molar-refractivity contribution is 7.87. The lowest BCUT2D eigenvalue weighted by molar-refractivity contribution is 0.338. The second-order valence-electron chi connectivity index (χ2n) is 4.50. The van der Waals surface area contributed by atoms with Gasteiger partial charge in [0, 0.05) is 6.07 Å². The normalized spacial score (nSPS) is 11.3. The zero-order chi connectivity index (χ0) is 16.3. The third-order valence-electron chi connectivity index (χ3n) is 2.73. The first-order chi connectivity index (χ1) is 10.3. The Hall–Kier alpha value is -1.43. The van der Waals surface area contributed by atoms with E-state index in [1.165, 1.54) is 24.3 Å². The molecular formula is C15H14Cl2O4S. The molecule has 0 aliphatic heterocycles. The topological polar surface area (TPSA) is 52.6 Å². The van der Waals surface area contributed by atoms with Gasteiger partial charge < -0.3 is 8.92 Å². The highest BCUT2D eigenvalue weighted by Crippen LogP contribution is 2.32. The molecule has 7 heteroatoms. The van der Waals surface area contributed by atoms with Crippen molar-refractivity contribution in [1.29, 1.82) is 0 Å². The highest BCUT2D eigenvalue weighted by atomic mass is 35.5. The molecule has 0 aromatic heterocycles. The summed E-state index contributed by atoms with van der Waals surface area (Å²) in [5.41, 5.74) is 0.813. The minimum Gasteiger partial charge on any atom is -0.494 e. The van der Waals surface area contributed by atoms with E-state index >= 15 is 0 Å². The van der Waals surface area contributed by atoms with Gasteiger partial charge >= 0.3 is 10.1 Å². The molecule has 0 bridgehead atoms. The van der Waals surface area contributed by atoms with E-state index in [1.807, 2.05) is 13.8 Å². The number of hydrogen-bond acceptors (Lipinski definition) is 4. The zero-order valence-electron chi connectivity index (χ0n) is 12.0. The van der Waals surface area contributed by atoms with Crippen LogP contribution in [0.5, 0.6) is 11.5 Å². The van der Waals surface area contributed by atoms with Crippen LogP contribution in [-0.2, 0) is 10.1 Å². The monoisotopic (exact) mass is 360 g/mol. The van der Waals surface area contributed by atoms with Crippen LogP contribution in [0.3, 0.4) is 0 Å². The molecule has 0 saturated carbocycles. The quantitative estimate of drug-likeness (QED) is 0.738. The first-order valence-corrected chi connectivity index (χ1v) is 8.63. The van der Waals surface area contributed by atoms with Crippen molar-refractivity contribution in [3.8, 4) is 11.5 Å². The van der Waals surface area contributed by atoms with Gasteiger partial charge in [0.25, 0.3) is 0 Å². The average Bonchev–Trinajstić information content (AvgIpc) is 2.40. The third kappa shape index (κ3) is 3.85. The van der Waals surface area contributed by atoms with Crippen molar-refractivity contribution in [2.75, 3.05) is 6.61 Å². The number of rotatable bonds is 5. The van der Waals surface area contributed by atoms with Crippen molar-refractivity contribution in [3.05, 3.63) is 52.0 Å². The summed E-state index contributed by atoms with van der Waals surface area (Å²) < 4.78 is 35.2. The molecule has 0 fully saturated rings. The summed E-state index contributed by atoms with van der Waals surface area (Å²) in [7, 11) is -4.09. The molecule has 2 aromatic carbocycles. The Labute approximate surface area is 139 Å². The fourth-order valence-corrected chi connectivity index (χ4v) is 3.51. The Morgan fingerprint density at radius 1 is 1.09 bits per heavy atom. The summed E-state index contributed by atoms with van der Waals surface area (Å²) >= 11 is 11.8. The van der Waals surface area contributed by atoms with Gasteiger partial charge in [-0.05, 0) is 43.7 Å². The maximum atomic E-state index is 12.3. The van der Waals surface area contributed by atoms with Gasteiger partial charge in [-0.2, -0.15) is 8.42 Å². The molecule has 0 saturated heterocycles. The molecule has 2 rings (SSSR count). The second kappa shape index (κ2) is 6.77. The molecule has 0 atom stereocenters. The van der Waals surface area contributed by atoms with Gasteiger partial charge in [0.1, 0.15) is 16.4 Å². The largest absolute Gasteiger partial charge is 0.494 e. The van der Waals surface area contributed by atoms with E-state index in [1.54, 1.807) is 12.1 Å². The zero-order valence-corrected chi connectivity index (χ0v) is 14.3. The first kappa shape index (κ1) is 16.9. The van der Waals surface area contributed by atoms with E-state index in [2.05, 4.69) is 0 Å². The van der Waals surface area contributed by atoms with Gasteiger partial charge in [-0.3, -0.25) is 0 Å². The smallest absolute Gasteiger partial charge is 0.340 e. The minimum absolute atomic E-state index is 0.0677. The van der Waals surface area contributed by atoms with E-state index < -0.39 is 10.1 Å². The second-order valence-corrected chi connectivity index (χ2v) is 6.80. The van der Waals surface area contributed by atoms with E-state index in [0.717, 1.165) is 5.56 Å². The summed E-state index contributed by atoms with van der Waals surface area (Å²) in [5, 5.41) is 0.0763. The van der Waals surface area contributed by atoms with E-state index in [0.29, 0.717) is 12.4 Å². The molecule has 0 aliphatic rings. The third-order valence-corrected chi connectivity index (χ3v) is 4.95. The summed E-state index contributed by atoms with van der Waals surface area (Å²) in [5.74, 6) is 0.685. The van der Waals surface area contributed by atoms with Crippen LogP contribution in [0.15, 0.2) is 41.3 Å². The van der Waals surface area contributed by atoms with Crippen LogP contribution in [-0.4, -0.2) is 15.0 Å². The van der Waals surface area contributed by atoms with Gasteiger partial charge in [-0.15, -0.1) is 0 Å². The summed E-state index contributed by atoms with van der Waals surface area (Å²) in [6.45, 7) is 4.12. The number of hydrogen-bond donors (Lipinski definition) is 0. The molecule has 22 heavy (non-hydrogen) atoms. The van der Waals surface area contributed by atoms with Crippen molar-refractivity contribution in [3.63, 3.8) is 0 Å². The SMILES string of the molecule is CCOc1cc(C)cc(OS(=O)(=O)c2cccc(Cl)c2Cl)c1. The van der Waals surface area contributed by atoms with Gasteiger partial charge in [-0.1, -0.05) is 29.3 Å². The number of aryl methyl sites for hydroxylation is 1. The maximum Gasteiger partial charge on any atom is 0.340 e. The molecular weight excluding hydrogens is 347 g/mol. The standard InChI is InChI=1S/C15H14Cl2O4S/c1-3-20-11-7-10(2)8-12(9-11)21-22(18,19)14-6-4-5-13(16)15(14)17/h4-9H,3H2,1-2H3. The van der Waals surface area contributed by atoms with Crippen molar-refractivity contribution in [1.82, 2.24) is 0 Å². The van der Waals surface area contributed by atoms with Crippen molar-refractivity contribution >= 4 is 33.3 Å². The van der Waals surface area contributed by atoms with Crippen LogP contribution in [0.1, 0.15) is 12.5 Å². The summed E-state index contributed by atoms with van der Waals surface area (Å²) in [6, 6.07) is 9.22. The van der Waals surface area contributed by atoms with Crippen LogP contribution >= 0.6 is 23.2 Å². The molecule has 2 aromatic rings. The molecule has 0 unspecified atom stereocenters. The van der Waals surface area contributed by atoms with Crippen molar-refractivity contribution in [2.24, 2.45) is 0 Å². The number of halogens is 2. The molecule has 0 spiro atoms. The van der Waals surface area contributed by atoms with Gasteiger partial charge in [0.2, 0.25) is 0 Å². The van der Waals surface area contributed by atoms with Crippen LogP contribution in [0.4, 0.5) is 0 Å². The Morgan fingerprint density at radius 3 is 2.45 bits per heavy atom. The van der Waals surface area contributed by atoms with Crippen LogP contribution < -0.4 is 8.92 Å². The molecule has 0 radical (unpaired) electrons. The Balaban J connectivity index is 2.39. The van der Waals surface area contributed by atoms with E-state index in [-0.39, 0.29) is 20.7 Å². The van der Waals surface area contributed by atoms with Gasteiger partial charge in [0.05, 0.1) is 16.7 Å². The fourth-order valence-electron chi connectivity index (χ4n) is 1.86. The van der Waals surface area contributed by atoms with E-state index in [9.17, 15) is 8.42 Å². The molecule has 4 nitrogen and oxygen atoms in total. The predicted octanol–water partition coefficient (Wildman–Crippen LogP) is 4.47. The molecule has 0 N–H and O–H groups in total. The van der Waals surface area contributed by atoms with Crippen LogP contribution in [0.2, 0.25) is 10.0 Å². The van der Waals surface area contributed by atoms with Crippen LogP contribution in [0.25, 0.3) is 0 Å². The minimum atomic E-state index is -4.09. The lowest BCUT2D eigenvalue weighted by Crippen LogP contribution is -2.10. The van der Waals surface area contributed by atoms with Gasteiger partial charge in [-0.25, -0.2) is 0 Å². The lowest BCUT2D eigenvalue weighted by Gasteiger charge is -2.11. The molecule has 0 amide bonds. The molecule has 0 heterocycles. The number of benzene rings is 2. The van der Waals surface area contributed by atoms with Crippen molar-refractivity contribution in [2.45, 2.75) is 18.7 Å². The Morgan fingerprint density at radius 2 is 1.77 bits per heavy atom. The predicted molar refractivity (Wildman–Crippen MR) is 86.6 cm³/mol. The summed E-state index contributed by atoms with van der Waals surface area (Å²) in [4.78, 5) is -0.180. The van der Waals surface area contributed by atoms with Gasteiger partial charge in [0.15, 0.2) is 0 Å². The number of ether oxygens (including phenoxy) is 1. The van der Waals surface area contributed by atoms with Crippen LogP contribution in [0, 0.1) is 6.92 Å². The molecule has 118 valence electrons. The Kier molecular flexibility index (Phi) is 5.21. The average molecular weight is 361 g/mol. The molecule has 0 aliphatic carbocycles. The maximum absolute atomic E-state index is 12.3. The highest BCUT2D eigenvalue weighted by Gasteiger charge is 2.22. The summed E-state index contributed by atoms with van der Waals surface area (Å²) in [6.07, 6.45) is 0.